The van der Waals surface area contributed by atoms with Crippen LogP contribution in [0.25, 0.3) is 0 Å². The molecule has 2 rings (SSSR count). The summed E-state index contributed by atoms with van der Waals surface area (Å²) in [5, 5.41) is 9.44. The Morgan fingerprint density at radius 2 is 2.24 bits per heavy atom. The molecule has 2 aromatic heterocycles. The molecule has 0 aliphatic rings. The number of hydrogen-bond acceptors (Lipinski definition) is 5. The third kappa shape index (κ3) is 3.16. The zero-order chi connectivity index (χ0) is 12.3. The fourth-order valence-electron chi connectivity index (χ4n) is 1.14. The van der Waals surface area contributed by atoms with Crippen LogP contribution in [-0.4, -0.2) is 26.1 Å². The van der Waals surface area contributed by atoms with Crippen molar-refractivity contribution in [3.8, 4) is 0 Å². The first-order valence-electron chi connectivity index (χ1n) is 4.69. The van der Waals surface area contributed by atoms with Crippen LogP contribution in [0.4, 0.5) is 18.3 Å². The third-order valence-corrected chi connectivity index (χ3v) is 2.58. The molecule has 92 valence electrons. The van der Waals surface area contributed by atoms with Crippen LogP contribution in [0.5, 0.6) is 0 Å². The Morgan fingerprint density at radius 3 is 2.82 bits per heavy atom. The van der Waals surface area contributed by atoms with Crippen molar-refractivity contribution >= 4 is 16.7 Å². The van der Waals surface area contributed by atoms with Gasteiger partial charge in [-0.05, 0) is 6.07 Å². The van der Waals surface area contributed by atoms with Crippen molar-refractivity contribution < 1.29 is 13.2 Å². The molecule has 0 bridgehead atoms. The van der Waals surface area contributed by atoms with Crippen molar-refractivity contribution in [3.63, 3.8) is 0 Å². The summed E-state index contributed by atoms with van der Waals surface area (Å²) in [5.41, 5.74) is 0.901. The average molecular weight is 263 g/mol. The van der Waals surface area contributed by atoms with Crippen LogP contribution < -0.4 is 5.32 Å². The number of nitrogens with one attached hydrogen (secondary N) is 2. The van der Waals surface area contributed by atoms with Crippen molar-refractivity contribution in [2.75, 3.05) is 11.9 Å². The van der Waals surface area contributed by atoms with Gasteiger partial charge in [0.05, 0.1) is 0 Å². The van der Waals surface area contributed by atoms with E-state index in [0.29, 0.717) is 24.5 Å². The Kier molecular flexibility index (Phi) is 3.27. The number of hydrogen-bond donors (Lipinski definition) is 2. The SMILES string of the molecule is FC(F)(F)c1nsc(NCCc2ccn[nH]2)n1. The Labute approximate surface area is 98.2 Å². The molecule has 0 aromatic carbocycles. The van der Waals surface area contributed by atoms with Crippen LogP contribution in [0.2, 0.25) is 0 Å². The van der Waals surface area contributed by atoms with Crippen LogP contribution >= 0.6 is 11.5 Å². The minimum atomic E-state index is -4.49. The van der Waals surface area contributed by atoms with Gasteiger partial charge in [0.1, 0.15) is 0 Å². The number of H-pyrrole nitrogens is 1. The molecule has 5 nitrogen and oxygen atoms in total. The first-order chi connectivity index (χ1) is 8.05. The van der Waals surface area contributed by atoms with Gasteiger partial charge in [0, 0.05) is 36.4 Å². The summed E-state index contributed by atoms with van der Waals surface area (Å²) < 4.78 is 39.8. The van der Waals surface area contributed by atoms with Gasteiger partial charge in [0.25, 0.3) is 0 Å². The number of halogens is 3. The lowest BCUT2D eigenvalue weighted by molar-refractivity contribution is -0.144. The van der Waals surface area contributed by atoms with Gasteiger partial charge in [-0.1, -0.05) is 0 Å². The van der Waals surface area contributed by atoms with Gasteiger partial charge in [-0.25, -0.2) is 0 Å². The lowest BCUT2D eigenvalue weighted by Crippen LogP contribution is -2.08. The predicted molar refractivity (Wildman–Crippen MR) is 55.7 cm³/mol. The molecule has 0 spiro atoms. The summed E-state index contributed by atoms with van der Waals surface area (Å²) in [5.74, 6) is -1.11. The number of aromatic amines is 1. The highest BCUT2D eigenvalue weighted by molar-refractivity contribution is 7.09. The maximum atomic E-state index is 12.2. The fourth-order valence-corrected chi connectivity index (χ4v) is 1.75. The average Bonchev–Trinajstić information content (AvgIpc) is 2.86. The van der Waals surface area contributed by atoms with Crippen molar-refractivity contribution in [1.82, 2.24) is 19.6 Å². The molecule has 0 saturated carbocycles. The van der Waals surface area contributed by atoms with E-state index < -0.39 is 12.0 Å². The molecule has 0 atom stereocenters. The molecule has 0 fully saturated rings. The second-order valence-electron chi connectivity index (χ2n) is 3.18. The summed E-state index contributed by atoms with van der Waals surface area (Å²) in [4.78, 5) is 3.35. The topological polar surface area (TPSA) is 66.5 Å². The fraction of sp³-hybridized carbons (Fsp3) is 0.375. The largest absolute Gasteiger partial charge is 0.452 e. The van der Waals surface area contributed by atoms with E-state index in [1.165, 1.54) is 0 Å². The molecule has 9 heteroatoms. The Balaban J connectivity index is 1.85. The molecule has 0 radical (unpaired) electrons. The van der Waals surface area contributed by atoms with Gasteiger partial charge < -0.3 is 5.32 Å². The first kappa shape index (κ1) is 11.8. The molecule has 2 N–H and O–H groups in total. The van der Waals surface area contributed by atoms with E-state index in [9.17, 15) is 13.2 Å². The molecule has 0 aliphatic carbocycles. The molecule has 2 heterocycles. The van der Waals surface area contributed by atoms with Crippen LogP contribution in [0.15, 0.2) is 12.3 Å². The van der Waals surface area contributed by atoms with Crippen LogP contribution in [0.1, 0.15) is 11.5 Å². The summed E-state index contributed by atoms with van der Waals surface area (Å²) in [6.07, 6.45) is -2.25. The summed E-state index contributed by atoms with van der Waals surface area (Å²) in [6, 6.07) is 1.79. The monoisotopic (exact) mass is 263 g/mol. The van der Waals surface area contributed by atoms with Crippen molar-refractivity contribution in [2.24, 2.45) is 0 Å². The Bertz CT molecular complexity index is 464. The lowest BCUT2D eigenvalue weighted by Gasteiger charge is -2.00. The van der Waals surface area contributed by atoms with Crippen LogP contribution in [0, 0.1) is 0 Å². The van der Waals surface area contributed by atoms with Gasteiger partial charge in [-0.15, -0.1) is 0 Å². The molecular weight excluding hydrogens is 255 g/mol. The first-order valence-corrected chi connectivity index (χ1v) is 5.46. The number of rotatable bonds is 4. The van der Waals surface area contributed by atoms with E-state index in [4.69, 9.17) is 0 Å². The zero-order valence-electron chi connectivity index (χ0n) is 8.45. The van der Waals surface area contributed by atoms with Crippen molar-refractivity contribution in [3.05, 3.63) is 23.8 Å². The summed E-state index contributed by atoms with van der Waals surface area (Å²) in [7, 11) is 0. The van der Waals surface area contributed by atoms with Gasteiger partial charge in [0.15, 0.2) is 0 Å². The highest BCUT2D eigenvalue weighted by Crippen LogP contribution is 2.28. The van der Waals surface area contributed by atoms with Gasteiger partial charge >= 0.3 is 6.18 Å². The second-order valence-corrected chi connectivity index (χ2v) is 3.93. The molecule has 0 aliphatic heterocycles. The van der Waals surface area contributed by atoms with Crippen LogP contribution in [0.3, 0.4) is 0 Å². The minimum Gasteiger partial charge on any atom is -0.360 e. The van der Waals surface area contributed by atoms with Crippen molar-refractivity contribution in [2.45, 2.75) is 12.6 Å². The molecule has 0 amide bonds. The van der Waals surface area contributed by atoms with Gasteiger partial charge in [0.2, 0.25) is 11.0 Å². The van der Waals surface area contributed by atoms with E-state index in [-0.39, 0.29) is 5.13 Å². The number of anilines is 1. The van der Waals surface area contributed by atoms with E-state index >= 15 is 0 Å². The predicted octanol–water partition coefficient (Wildman–Crippen LogP) is 1.93. The van der Waals surface area contributed by atoms with E-state index in [1.807, 2.05) is 0 Å². The maximum Gasteiger partial charge on any atom is 0.452 e. The molecule has 17 heavy (non-hydrogen) atoms. The Hall–Kier alpha value is -1.64. The van der Waals surface area contributed by atoms with Gasteiger partial charge in [-0.3, -0.25) is 5.10 Å². The van der Waals surface area contributed by atoms with E-state index in [2.05, 4.69) is 24.9 Å². The number of aromatic nitrogens is 4. The second kappa shape index (κ2) is 4.70. The van der Waals surface area contributed by atoms with E-state index in [0.717, 1.165) is 5.69 Å². The molecule has 0 saturated heterocycles. The van der Waals surface area contributed by atoms with Gasteiger partial charge in [-0.2, -0.15) is 27.6 Å². The number of nitrogens with zero attached hydrogens (tertiary/aromatic N) is 3. The normalized spacial score (nSPS) is 11.7. The standard InChI is InChI=1S/C8H8F3N5S/c9-8(10,11)6-14-7(17-16-6)12-3-1-5-2-4-13-15-5/h2,4H,1,3H2,(H,13,15)(H,12,14,16). The lowest BCUT2D eigenvalue weighted by atomic mass is 10.3. The smallest absolute Gasteiger partial charge is 0.360 e. The highest BCUT2D eigenvalue weighted by atomic mass is 32.1. The summed E-state index contributed by atoms with van der Waals surface area (Å²) in [6.45, 7) is 0.467. The quantitative estimate of drug-likeness (QED) is 0.884. The molecular formula is C8H8F3N5S. The highest BCUT2D eigenvalue weighted by Gasteiger charge is 2.36. The minimum absolute atomic E-state index is 0.164. The summed E-state index contributed by atoms with van der Waals surface area (Å²) >= 11 is 0.696. The van der Waals surface area contributed by atoms with Crippen molar-refractivity contribution in [1.29, 1.82) is 0 Å². The molecule has 2 aromatic rings. The number of alkyl halides is 3. The third-order valence-electron chi connectivity index (χ3n) is 1.91. The maximum absolute atomic E-state index is 12.2. The zero-order valence-corrected chi connectivity index (χ0v) is 9.27. The van der Waals surface area contributed by atoms with Crippen LogP contribution in [-0.2, 0) is 12.6 Å². The Morgan fingerprint density at radius 1 is 1.41 bits per heavy atom. The molecule has 0 unspecified atom stereocenters. The van der Waals surface area contributed by atoms with E-state index in [1.54, 1.807) is 12.3 Å².